The monoisotopic (exact) mass is 283 g/mol. The van der Waals surface area contributed by atoms with Crippen LogP contribution in [0.1, 0.15) is 24.0 Å². The number of nitrogens with zero attached hydrogens (tertiary/aromatic N) is 4. The average molecular weight is 283 g/mol. The summed E-state index contributed by atoms with van der Waals surface area (Å²) < 4.78 is 0. The zero-order valence-electron chi connectivity index (χ0n) is 12.8. The van der Waals surface area contributed by atoms with Crippen LogP contribution < -0.4 is 10.2 Å². The summed E-state index contributed by atoms with van der Waals surface area (Å²) in [4.78, 5) is 16.0. The Morgan fingerprint density at radius 2 is 1.81 bits per heavy atom. The minimum absolute atomic E-state index is 0.628. The van der Waals surface area contributed by atoms with Gasteiger partial charge in [0.25, 0.3) is 0 Å². The number of benzene rings is 1. The lowest BCUT2D eigenvalue weighted by molar-refractivity contribution is 0.884. The minimum Gasteiger partial charge on any atom is -0.357 e. The molecule has 1 N–H and O–H groups in total. The van der Waals surface area contributed by atoms with Crippen molar-refractivity contribution < 1.29 is 0 Å². The average Bonchev–Trinajstić information content (AvgIpc) is 3.04. The van der Waals surface area contributed by atoms with Gasteiger partial charge in [0.15, 0.2) is 5.82 Å². The maximum absolute atomic E-state index is 4.70. The maximum atomic E-state index is 4.70. The topological polar surface area (TPSA) is 53.9 Å². The van der Waals surface area contributed by atoms with Crippen molar-refractivity contribution in [3.05, 3.63) is 29.3 Å². The van der Waals surface area contributed by atoms with Gasteiger partial charge in [-0.2, -0.15) is 15.0 Å². The number of aromatic nitrogens is 3. The Morgan fingerprint density at radius 3 is 2.52 bits per heavy atom. The van der Waals surface area contributed by atoms with E-state index in [9.17, 15) is 0 Å². The van der Waals surface area contributed by atoms with Gasteiger partial charge >= 0.3 is 0 Å². The van der Waals surface area contributed by atoms with Crippen molar-refractivity contribution in [2.75, 3.05) is 30.4 Å². The highest BCUT2D eigenvalue weighted by Crippen LogP contribution is 2.25. The molecule has 0 radical (unpaired) electrons. The van der Waals surface area contributed by atoms with E-state index in [4.69, 9.17) is 4.98 Å². The SMILES string of the molecule is CNc1nc(-c2cccc(C)c2C)nc(N2CCCC2)n1. The van der Waals surface area contributed by atoms with E-state index in [0.29, 0.717) is 5.95 Å². The summed E-state index contributed by atoms with van der Waals surface area (Å²) in [6, 6.07) is 6.24. The lowest BCUT2D eigenvalue weighted by Gasteiger charge is -2.17. The molecule has 0 atom stereocenters. The molecule has 21 heavy (non-hydrogen) atoms. The second-order valence-electron chi connectivity index (χ2n) is 5.47. The van der Waals surface area contributed by atoms with Crippen LogP contribution in [0.4, 0.5) is 11.9 Å². The van der Waals surface area contributed by atoms with Crippen LogP contribution in [-0.2, 0) is 0 Å². The van der Waals surface area contributed by atoms with Crippen molar-refractivity contribution in [3.8, 4) is 11.4 Å². The van der Waals surface area contributed by atoms with E-state index in [1.807, 2.05) is 7.05 Å². The normalized spacial score (nSPS) is 14.5. The van der Waals surface area contributed by atoms with Crippen molar-refractivity contribution in [1.82, 2.24) is 15.0 Å². The molecular formula is C16H21N5. The molecule has 3 rings (SSSR count). The van der Waals surface area contributed by atoms with Crippen LogP contribution in [0.2, 0.25) is 0 Å². The van der Waals surface area contributed by atoms with Crippen LogP contribution in [0.5, 0.6) is 0 Å². The van der Waals surface area contributed by atoms with Gasteiger partial charge in [0.2, 0.25) is 11.9 Å². The predicted octanol–water partition coefficient (Wildman–Crippen LogP) is 2.80. The first-order valence-corrected chi connectivity index (χ1v) is 7.44. The number of rotatable bonds is 3. The molecule has 5 heteroatoms. The van der Waals surface area contributed by atoms with E-state index in [1.54, 1.807) is 0 Å². The fraction of sp³-hybridized carbons (Fsp3) is 0.438. The summed E-state index contributed by atoms with van der Waals surface area (Å²) in [5.41, 5.74) is 3.55. The zero-order valence-corrected chi connectivity index (χ0v) is 12.8. The van der Waals surface area contributed by atoms with E-state index in [2.05, 4.69) is 52.2 Å². The van der Waals surface area contributed by atoms with Crippen LogP contribution in [0.15, 0.2) is 18.2 Å². The van der Waals surface area contributed by atoms with Crippen LogP contribution >= 0.6 is 0 Å². The second-order valence-corrected chi connectivity index (χ2v) is 5.47. The molecule has 0 unspecified atom stereocenters. The van der Waals surface area contributed by atoms with Gasteiger partial charge in [0.1, 0.15) is 0 Å². The van der Waals surface area contributed by atoms with Gasteiger partial charge in [0.05, 0.1) is 0 Å². The minimum atomic E-state index is 0.628. The molecule has 1 aliphatic heterocycles. The molecular weight excluding hydrogens is 262 g/mol. The van der Waals surface area contributed by atoms with Crippen molar-refractivity contribution in [2.24, 2.45) is 0 Å². The van der Waals surface area contributed by atoms with Crippen molar-refractivity contribution in [1.29, 1.82) is 0 Å². The molecule has 110 valence electrons. The van der Waals surface area contributed by atoms with Gasteiger partial charge in [-0.25, -0.2) is 0 Å². The van der Waals surface area contributed by atoms with Crippen molar-refractivity contribution in [2.45, 2.75) is 26.7 Å². The Kier molecular flexibility index (Phi) is 3.73. The van der Waals surface area contributed by atoms with Crippen LogP contribution in [0, 0.1) is 13.8 Å². The molecule has 0 bridgehead atoms. The van der Waals surface area contributed by atoms with E-state index in [1.165, 1.54) is 24.0 Å². The summed E-state index contributed by atoms with van der Waals surface area (Å²) in [6.07, 6.45) is 2.42. The molecule has 1 aromatic heterocycles. The second kappa shape index (κ2) is 5.68. The van der Waals surface area contributed by atoms with Gasteiger partial charge in [-0.05, 0) is 37.8 Å². The van der Waals surface area contributed by atoms with E-state index >= 15 is 0 Å². The third-order valence-electron chi connectivity index (χ3n) is 4.08. The largest absolute Gasteiger partial charge is 0.357 e. The quantitative estimate of drug-likeness (QED) is 0.938. The van der Waals surface area contributed by atoms with Gasteiger partial charge in [-0.3, -0.25) is 0 Å². The number of hydrogen-bond donors (Lipinski definition) is 1. The number of anilines is 2. The smallest absolute Gasteiger partial charge is 0.230 e. The standard InChI is InChI=1S/C16H21N5/c1-11-7-6-8-13(12(11)2)14-18-15(17-3)20-16(19-14)21-9-4-5-10-21/h6-8H,4-5,9-10H2,1-3H3,(H,17,18,19,20). The fourth-order valence-electron chi connectivity index (χ4n) is 2.65. The molecule has 0 aliphatic carbocycles. The van der Waals surface area contributed by atoms with Gasteiger partial charge in [0, 0.05) is 25.7 Å². The molecule has 1 fully saturated rings. The number of nitrogens with one attached hydrogen (secondary N) is 1. The Labute approximate surface area is 125 Å². The fourth-order valence-corrected chi connectivity index (χ4v) is 2.65. The van der Waals surface area contributed by atoms with Gasteiger partial charge in [-0.15, -0.1) is 0 Å². The molecule has 2 aromatic rings. The number of hydrogen-bond acceptors (Lipinski definition) is 5. The highest BCUT2D eigenvalue weighted by atomic mass is 15.3. The zero-order chi connectivity index (χ0) is 14.8. The Balaban J connectivity index is 2.09. The predicted molar refractivity (Wildman–Crippen MR) is 85.7 cm³/mol. The lowest BCUT2D eigenvalue weighted by atomic mass is 10.0. The molecule has 0 amide bonds. The van der Waals surface area contributed by atoms with E-state index < -0.39 is 0 Å². The summed E-state index contributed by atoms with van der Waals surface area (Å²) in [7, 11) is 1.84. The molecule has 1 aliphatic rings. The summed E-state index contributed by atoms with van der Waals surface area (Å²) >= 11 is 0. The maximum Gasteiger partial charge on any atom is 0.230 e. The highest BCUT2D eigenvalue weighted by Gasteiger charge is 2.18. The number of aryl methyl sites for hydroxylation is 1. The summed E-state index contributed by atoms with van der Waals surface area (Å²) in [5, 5.41) is 3.05. The van der Waals surface area contributed by atoms with Gasteiger partial charge < -0.3 is 10.2 Å². The third-order valence-corrected chi connectivity index (χ3v) is 4.08. The molecule has 2 heterocycles. The first-order valence-electron chi connectivity index (χ1n) is 7.44. The molecule has 1 saturated heterocycles. The molecule has 1 aromatic carbocycles. The Morgan fingerprint density at radius 1 is 1.05 bits per heavy atom. The summed E-state index contributed by atoms with van der Waals surface area (Å²) in [5.74, 6) is 2.16. The Bertz CT molecular complexity index is 647. The molecule has 0 saturated carbocycles. The van der Waals surface area contributed by atoms with E-state index in [-0.39, 0.29) is 0 Å². The van der Waals surface area contributed by atoms with Crippen molar-refractivity contribution in [3.63, 3.8) is 0 Å². The van der Waals surface area contributed by atoms with Gasteiger partial charge in [-0.1, -0.05) is 18.2 Å². The third kappa shape index (κ3) is 2.68. The van der Waals surface area contributed by atoms with Crippen LogP contribution in [0.25, 0.3) is 11.4 Å². The highest BCUT2D eigenvalue weighted by molar-refractivity contribution is 5.64. The molecule has 0 spiro atoms. The summed E-state index contributed by atoms with van der Waals surface area (Å²) in [6.45, 7) is 6.28. The Hall–Kier alpha value is -2.17. The van der Waals surface area contributed by atoms with Crippen LogP contribution in [0.3, 0.4) is 0 Å². The van der Waals surface area contributed by atoms with Crippen molar-refractivity contribution >= 4 is 11.9 Å². The molecule has 5 nitrogen and oxygen atoms in total. The van der Waals surface area contributed by atoms with Crippen LogP contribution in [-0.4, -0.2) is 35.1 Å². The first kappa shape index (κ1) is 13.8. The lowest BCUT2D eigenvalue weighted by Crippen LogP contribution is -2.21. The van der Waals surface area contributed by atoms with E-state index in [0.717, 1.165) is 30.4 Å². The first-order chi connectivity index (χ1) is 10.2.